The molecule has 2 saturated heterocycles. The van der Waals surface area contributed by atoms with Crippen molar-refractivity contribution in [2.75, 3.05) is 27.9 Å². The van der Waals surface area contributed by atoms with Gasteiger partial charge in [0.1, 0.15) is 6.10 Å². The third-order valence-corrected chi connectivity index (χ3v) is 10.3. The second kappa shape index (κ2) is 19.3. The van der Waals surface area contributed by atoms with Crippen LogP contribution in [0.25, 0.3) is 0 Å². The Hall–Kier alpha value is -1.46. The molecule has 44 heavy (non-hydrogen) atoms. The summed E-state index contributed by atoms with van der Waals surface area (Å²) in [6.45, 7) is 8.72. The summed E-state index contributed by atoms with van der Waals surface area (Å²) in [6, 6.07) is -0.0254. The van der Waals surface area contributed by atoms with Gasteiger partial charge in [0.2, 0.25) is 5.91 Å². The fourth-order valence-corrected chi connectivity index (χ4v) is 7.16. The molecule has 11 atom stereocenters. The minimum atomic E-state index is -0.591. The van der Waals surface area contributed by atoms with Crippen LogP contribution in [0.4, 0.5) is 0 Å². The SMILES string of the molecule is CNSC1C=CC(CC[C@@H]2CC(COC)[C@H](O)C(/C=C/C(C)=C/CC3OC(C)C(NC(=O)/C=C\C(C)OC)CC3C)O2)CC1. The van der Waals surface area contributed by atoms with Gasteiger partial charge in [-0.3, -0.25) is 9.52 Å². The molecule has 9 unspecified atom stereocenters. The fourth-order valence-electron chi connectivity index (χ4n) is 6.43. The lowest BCUT2D eigenvalue weighted by molar-refractivity contribution is -0.138. The van der Waals surface area contributed by atoms with Gasteiger partial charge in [0.15, 0.2) is 0 Å². The summed E-state index contributed by atoms with van der Waals surface area (Å²) >= 11 is 1.79. The van der Waals surface area contributed by atoms with E-state index in [4.69, 9.17) is 18.9 Å². The first-order valence-electron chi connectivity index (χ1n) is 16.5. The summed E-state index contributed by atoms with van der Waals surface area (Å²) in [4.78, 5) is 12.4. The number of aliphatic hydroxyl groups excluding tert-OH is 1. The monoisotopic (exact) mass is 634 g/mol. The van der Waals surface area contributed by atoms with Crippen LogP contribution in [0.3, 0.4) is 0 Å². The maximum atomic E-state index is 12.4. The van der Waals surface area contributed by atoms with Gasteiger partial charge >= 0.3 is 0 Å². The number of amides is 1. The van der Waals surface area contributed by atoms with E-state index in [-0.39, 0.29) is 48.4 Å². The van der Waals surface area contributed by atoms with Crippen molar-refractivity contribution in [2.45, 2.75) is 121 Å². The molecule has 1 amide bonds. The summed E-state index contributed by atoms with van der Waals surface area (Å²) in [7, 11) is 5.30. The predicted octanol–water partition coefficient (Wildman–Crippen LogP) is 5.53. The Morgan fingerprint density at radius 3 is 2.61 bits per heavy atom. The minimum Gasteiger partial charge on any atom is -0.390 e. The van der Waals surface area contributed by atoms with E-state index in [9.17, 15) is 9.90 Å². The van der Waals surface area contributed by atoms with Crippen molar-refractivity contribution >= 4 is 17.9 Å². The smallest absolute Gasteiger partial charge is 0.244 e. The molecule has 2 heterocycles. The van der Waals surface area contributed by atoms with E-state index < -0.39 is 6.10 Å². The number of methoxy groups -OCH3 is 2. The van der Waals surface area contributed by atoms with E-state index in [1.807, 2.05) is 27.0 Å². The van der Waals surface area contributed by atoms with Crippen molar-refractivity contribution in [1.29, 1.82) is 0 Å². The normalized spacial score (nSPS) is 35.8. The molecule has 3 rings (SSSR count). The van der Waals surface area contributed by atoms with Crippen LogP contribution in [-0.4, -0.2) is 86.8 Å². The summed E-state index contributed by atoms with van der Waals surface area (Å²) in [5.41, 5.74) is 1.11. The average Bonchev–Trinajstić information content (AvgIpc) is 3.01. The van der Waals surface area contributed by atoms with Gasteiger partial charge in [-0.05, 0) is 84.6 Å². The van der Waals surface area contributed by atoms with Crippen LogP contribution < -0.4 is 10.0 Å². The number of ether oxygens (including phenoxy) is 4. The molecule has 0 saturated carbocycles. The molecule has 0 aromatic carbocycles. The van der Waals surface area contributed by atoms with Crippen molar-refractivity contribution in [3.8, 4) is 0 Å². The number of hydrogen-bond donors (Lipinski definition) is 3. The summed E-state index contributed by atoms with van der Waals surface area (Å²) < 4.78 is 26.6. The second-order valence-electron chi connectivity index (χ2n) is 12.9. The van der Waals surface area contributed by atoms with Crippen LogP contribution in [0.1, 0.15) is 72.6 Å². The Bertz CT molecular complexity index is 986. The Morgan fingerprint density at radius 2 is 1.93 bits per heavy atom. The minimum absolute atomic E-state index is 0.0254. The Labute approximate surface area is 270 Å². The van der Waals surface area contributed by atoms with Crippen molar-refractivity contribution in [3.63, 3.8) is 0 Å². The lowest BCUT2D eigenvalue weighted by Crippen LogP contribution is -2.50. The quantitative estimate of drug-likeness (QED) is 0.0937. The molecule has 0 aromatic rings. The number of carbonyl (C=O) groups is 1. The standard InChI is InChI=1S/C35H58N2O6S/c1-23(8-17-32-24(2)20-31(26(4)42-32)37-34(38)19-10-25(3)41-7)9-18-33-35(39)28(22-40-6)21-29(43-33)14-11-27-12-15-30(16-13-27)44-36-5/h8-10,12,15,18-19,24-33,35-36,39H,11,13-14,16-17,20-22H2,1-7H3,(H,37,38)/b18-9+,19-10-,23-8+/t24?,25?,26?,27?,28?,29-,30?,31?,32?,33?,35+/m1/s1. The number of nitrogens with one attached hydrogen (secondary N) is 2. The lowest BCUT2D eigenvalue weighted by Gasteiger charge is -2.39. The molecule has 0 bridgehead atoms. The van der Waals surface area contributed by atoms with Crippen LogP contribution in [0.5, 0.6) is 0 Å². The Morgan fingerprint density at radius 1 is 1.14 bits per heavy atom. The molecule has 8 nitrogen and oxygen atoms in total. The van der Waals surface area contributed by atoms with E-state index in [2.05, 4.69) is 48.2 Å². The van der Waals surface area contributed by atoms with E-state index in [0.29, 0.717) is 23.7 Å². The van der Waals surface area contributed by atoms with Gasteiger partial charge in [0.05, 0.1) is 43.2 Å². The first kappa shape index (κ1) is 37.0. The maximum Gasteiger partial charge on any atom is 0.244 e. The first-order chi connectivity index (χ1) is 21.1. The fraction of sp³-hybridized carbons (Fsp3) is 0.743. The van der Waals surface area contributed by atoms with E-state index >= 15 is 0 Å². The van der Waals surface area contributed by atoms with Crippen LogP contribution in [-0.2, 0) is 23.7 Å². The third-order valence-electron chi connectivity index (χ3n) is 9.32. The van der Waals surface area contributed by atoms with Crippen LogP contribution in [0.15, 0.2) is 48.1 Å². The molecular formula is C35H58N2O6S. The number of carbonyl (C=O) groups excluding carboxylic acids is 1. The van der Waals surface area contributed by atoms with Crippen molar-refractivity contribution in [1.82, 2.24) is 10.0 Å². The zero-order chi connectivity index (χ0) is 32.1. The summed E-state index contributed by atoms with van der Waals surface area (Å²) in [5.74, 6) is 0.837. The number of rotatable bonds is 15. The highest BCUT2D eigenvalue weighted by molar-refractivity contribution is 7.98. The van der Waals surface area contributed by atoms with Gasteiger partial charge in [0.25, 0.3) is 0 Å². The van der Waals surface area contributed by atoms with Crippen molar-refractivity contribution in [2.24, 2.45) is 17.8 Å². The Balaban J connectivity index is 1.51. The van der Waals surface area contributed by atoms with Crippen molar-refractivity contribution < 1.29 is 28.8 Å². The average molecular weight is 635 g/mol. The summed E-state index contributed by atoms with van der Waals surface area (Å²) in [6.07, 6.45) is 20.4. The van der Waals surface area contributed by atoms with Gasteiger partial charge in [-0.1, -0.05) is 60.9 Å². The zero-order valence-electron chi connectivity index (χ0n) is 27.9. The van der Waals surface area contributed by atoms with E-state index in [1.165, 1.54) is 18.9 Å². The second-order valence-corrected chi connectivity index (χ2v) is 14.1. The number of hydrogen-bond acceptors (Lipinski definition) is 8. The topological polar surface area (TPSA) is 98.3 Å². The molecule has 9 heteroatoms. The van der Waals surface area contributed by atoms with Gasteiger partial charge in [-0.25, -0.2) is 0 Å². The predicted molar refractivity (Wildman–Crippen MR) is 179 cm³/mol. The number of allylic oxidation sites excluding steroid dienone is 3. The zero-order valence-corrected chi connectivity index (χ0v) is 28.8. The van der Waals surface area contributed by atoms with Gasteiger partial charge in [0, 0.05) is 31.5 Å². The lowest BCUT2D eigenvalue weighted by atomic mass is 9.85. The van der Waals surface area contributed by atoms with Crippen LogP contribution in [0, 0.1) is 17.8 Å². The molecular weight excluding hydrogens is 576 g/mol. The third kappa shape index (κ3) is 12.0. The molecule has 2 aliphatic heterocycles. The molecule has 2 fully saturated rings. The highest BCUT2D eigenvalue weighted by Gasteiger charge is 2.37. The molecule has 0 radical (unpaired) electrons. The Kier molecular flexibility index (Phi) is 16.2. The molecule has 0 spiro atoms. The largest absolute Gasteiger partial charge is 0.390 e. The maximum absolute atomic E-state index is 12.4. The molecule has 0 aromatic heterocycles. The van der Waals surface area contributed by atoms with Gasteiger partial charge in [-0.15, -0.1) is 0 Å². The van der Waals surface area contributed by atoms with Gasteiger partial charge < -0.3 is 29.4 Å². The molecule has 3 aliphatic rings. The van der Waals surface area contributed by atoms with E-state index in [1.54, 1.807) is 32.2 Å². The van der Waals surface area contributed by atoms with Crippen molar-refractivity contribution in [3.05, 3.63) is 48.1 Å². The number of aliphatic hydroxyl groups is 1. The first-order valence-corrected chi connectivity index (χ1v) is 17.4. The summed E-state index contributed by atoms with van der Waals surface area (Å²) in [5, 5.41) is 14.7. The van der Waals surface area contributed by atoms with Crippen LogP contribution in [0.2, 0.25) is 0 Å². The molecule has 250 valence electrons. The van der Waals surface area contributed by atoms with Gasteiger partial charge in [-0.2, -0.15) is 0 Å². The highest BCUT2D eigenvalue weighted by Crippen LogP contribution is 2.33. The highest BCUT2D eigenvalue weighted by atomic mass is 32.2. The molecule has 3 N–H and O–H groups in total. The van der Waals surface area contributed by atoms with Crippen LogP contribution >= 0.6 is 11.9 Å². The van der Waals surface area contributed by atoms with E-state index in [0.717, 1.165) is 37.7 Å². The molecule has 1 aliphatic carbocycles.